The minimum Gasteiger partial charge on any atom is -0.507 e. The van der Waals surface area contributed by atoms with Gasteiger partial charge < -0.3 is 20.4 Å². The first-order valence-corrected chi connectivity index (χ1v) is 11.5. The van der Waals surface area contributed by atoms with Gasteiger partial charge in [0.2, 0.25) is 0 Å². The van der Waals surface area contributed by atoms with Gasteiger partial charge in [-0.05, 0) is 47.5 Å². The van der Waals surface area contributed by atoms with Crippen molar-refractivity contribution >= 4 is 17.6 Å². The molecule has 0 saturated carbocycles. The zero-order valence-electron chi connectivity index (χ0n) is 19.2. The summed E-state index contributed by atoms with van der Waals surface area (Å²) < 4.78 is 0. The van der Waals surface area contributed by atoms with E-state index in [0.717, 1.165) is 49.4 Å². The molecule has 1 saturated heterocycles. The Hall–Kier alpha value is -3.68. The molecule has 1 aliphatic rings. The van der Waals surface area contributed by atoms with Gasteiger partial charge in [-0.25, -0.2) is 4.79 Å². The maximum Gasteiger partial charge on any atom is 0.337 e. The quantitative estimate of drug-likeness (QED) is 0.492. The van der Waals surface area contributed by atoms with Crippen molar-refractivity contribution in [2.45, 2.75) is 13.5 Å². The predicted octanol–water partition coefficient (Wildman–Crippen LogP) is 4.15. The smallest absolute Gasteiger partial charge is 0.337 e. The number of carbonyl (C=O) groups excluding carboxylic acids is 1. The van der Waals surface area contributed by atoms with Gasteiger partial charge in [0.25, 0.3) is 5.91 Å². The van der Waals surface area contributed by atoms with E-state index in [9.17, 15) is 19.8 Å². The average Bonchev–Trinajstić information content (AvgIpc) is 2.86. The molecule has 1 amide bonds. The van der Waals surface area contributed by atoms with Crippen molar-refractivity contribution in [2.24, 2.45) is 0 Å². The van der Waals surface area contributed by atoms with Crippen LogP contribution >= 0.6 is 0 Å². The summed E-state index contributed by atoms with van der Waals surface area (Å²) in [6, 6.07) is 19.4. The summed E-state index contributed by atoms with van der Waals surface area (Å²) in [5.41, 5.74) is 2.89. The standard InChI is InChI=1S/C27H29N3O4/c1-2-29-12-14-30(15-13-29)18-19-8-11-25(31)23(16-19)26(32)28-24-17-21(9-10-22(24)27(33)34)20-6-4-3-5-7-20/h3-11,16-17,31H,2,12-15,18H2,1H3,(H,28,32)(H,33,34). The number of hydrogen-bond donors (Lipinski definition) is 3. The number of rotatable bonds is 7. The number of anilines is 1. The van der Waals surface area contributed by atoms with Gasteiger partial charge in [0.05, 0.1) is 16.8 Å². The molecule has 0 aliphatic carbocycles. The Bertz CT molecular complexity index is 1170. The van der Waals surface area contributed by atoms with E-state index in [-0.39, 0.29) is 22.6 Å². The first-order valence-electron chi connectivity index (χ1n) is 11.5. The fraction of sp³-hybridized carbons (Fsp3) is 0.259. The van der Waals surface area contributed by atoms with Gasteiger partial charge >= 0.3 is 5.97 Å². The second kappa shape index (κ2) is 10.5. The van der Waals surface area contributed by atoms with Gasteiger partial charge in [0.1, 0.15) is 5.75 Å². The first-order chi connectivity index (χ1) is 16.4. The summed E-state index contributed by atoms with van der Waals surface area (Å²) in [6.45, 7) is 7.80. The highest BCUT2D eigenvalue weighted by atomic mass is 16.4. The van der Waals surface area contributed by atoms with Gasteiger partial charge in [-0.2, -0.15) is 0 Å². The molecule has 0 aromatic heterocycles. The minimum absolute atomic E-state index is 0.0162. The number of aromatic hydroxyl groups is 1. The van der Waals surface area contributed by atoms with Gasteiger partial charge in [-0.15, -0.1) is 0 Å². The van der Waals surface area contributed by atoms with Crippen LogP contribution in [0.25, 0.3) is 11.1 Å². The van der Waals surface area contributed by atoms with E-state index >= 15 is 0 Å². The predicted molar refractivity (Wildman–Crippen MR) is 132 cm³/mol. The van der Waals surface area contributed by atoms with E-state index in [1.807, 2.05) is 36.4 Å². The number of piperazine rings is 1. The Morgan fingerprint density at radius 3 is 2.24 bits per heavy atom. The monoisotopic (exact) mass is 459 g/mol. The van der Waals surface area contributed by atoms with E-state index in [1.165, 1.54) is 12.1 Å². The molecule has 4 rings (SSSR count). The summed E-state index contributed by atoms with van der Waals surface area (Å²) in [5.74, 6) is -1.84. The number of nitrogens with zero attached hydrogens (tertiary/aromatic N) is 2. The Kier molecular flexibility index (Phi) is 7.25. The number of amides is 1. The Morgan fingerprint density at radius 2 is 1.56 bits per heavy atom. The van der Waals surface area contributed by atoms with Crippen LogP contribution in [-0.4, -0.2) is 64.6 Å². The lowest BCUT2D eigenvalue weighted by molar-refractivity contribution is 0.0698. The number of phenolic OH excluding ortho intramolecular Hbond substituents is 1. The number of aromatic carboxylic acids is 1. The van der Waals surface area contributed by atoms with Crippen LogP contribution in [0.1, 0.15) is 33.2 Å². The summed E-state index contributed by atoms with van der Waals surface area (Å²) in [6.07, 6.45) is 0. The number of carboxylic acids is 1. The van der Waals surface area contributed by atoms with Crippen molar-refractivity contribution in [1.29, 1.82) is 0 Å². The molecule has 7 heteroatoms. The molecule has 176 valence electrons. The Labute approximate surface area is 199 Å². The Morgan fingerprint density at radius 1 is 0.853 bits per heavy atom. The lowest BCUT2D eigenvalue weighted by Gasteiger charge is -2.34. The van der Waals surface area contributed by atoms with E-state index in [0.29, 0.717) is 6.54 Å². The molecule has 3 N–H and O–H groups in total. The zero-order valence-corrected chi connectivity index (χ0v) is 19.2. The molecule has 3 aromatic rings. The molecule has 0 atom stereocenters. The van der Waals surface area contributed by atoms with Gasteiger partial charge in [-0.3, -0.25) is 9.69 Å². The third-order valence-electron chi connectivity index (χ3n) is 6.23. The first kappa shape index (κ1) is 23.5. The minimum atomic E-state index is -1.14. The number of benzene rings is 3. The molecular formula is C27H29N3O4. The largest absolute Gasteiger partial charge is 0.507 e. The summed E-state index contributed by atoms with van der Waals surface area (Å²) in [7, 11) is 0. The van der Waals surface area contributed by atoms with Gasteiger partial charge in [-0.1, -0.05) is 49.4 Å². The number of hydrogen-bond acceptors (Lipinski definition) is 5. The highest BCUT2D eigenvalue weighted by molar-refractivity contribution is 6.09. The van der Waals surface area contributed by atoms with Crippen LogP contribution < -0.4 is 5.32 Å². The molecule has 7 nitrogen and oxygen atoms in total. The molecule has 0 bridgehead atoms. The second-order valence-corrected chi connectivity index (χ2v) is 8.45. The highest BCUT2D eigenvalue weighted by Crippen LogP contribution is 2.28. The highest BCUT2D eigenvalue weighted by Gasteiger charge is 2.19. The molecule has 0 radical (unpaired) electrons. The van der Waals surface area contributed by atoms with Crippen LogP contribution in [0.4, 0.5) is 5.69 Å². The number of carbonyl (C=O) groups is 2. The average molecular weight is 460 g/mol. The van der Waals surface area contributed by atoms with Gasteiger partial charge in [0, 0.05) is 32.7 Å². The molecule has 3 aromatic carbocycles. The molecule has 34 heavy (non-hydrogen) atoms. The fourth-order valence-corrected chi connectivity index (χ4v) is 4.22. The number of phenols is 1. The van der Waals surface area contributed by atoms with Gasteiger partial charge in [0.15, 0.2) is 0 Å². The fourth-order valence-electron chi connectivity index (χ4n) is 4.22. The van der Waals surface area contributed by atoms with Crippen LogP contribution in [-0.2, 0) is 6.54 Å². The van der Waals surface area contributed by atoms with Crippen LogP contribution in [0.2, 0.25) is 0 Å². The molecule has 1 fully saturated rings. The van der Waals surface area contributed by atoms with Crippen LogP contribution in [0, 0.1) is 0 Å². The van der Waals surface area contributed by atoms with Crippen molar-refractivity contribution in [2.75, 3.05) is 38.0 Å². The van der Waals surface area contributed by atoms with E-state index in [2.05, 4.69) is 22.0 Å². The maximum absolute atomic E-state index is 13.1. The van der Waals surface area contributed by atoms with E-state index in [1.54, 1.807) is 18.2 Å². The molecule has 0 spiro atoms. The Balaban J connectivity index is 1.55. The lowest BCUT2D eigenvalue weighted by atomic mass is 10.0. The SMILES string of the molecule is CCN1CCN(Cc2ccc(O)c(C(=O)Nc3cc(-c4ccccc4)ccc3C(=O)O)c2)CC1. The van der Waals surface area contributed by atoms with E-state index < -0.39 is 11.9 Å². The molecule has 1 heterocycles. The van der Waals surface area contributed by atoms with Crippen molar-refractivity contribution in [1.82, 2.24) is 9.80 Å². The molecule has 0 unspecified atom stereocenters. The second-order valence-electron chi connectivity index (χ2n) is 8.45. The van der Waals surface area contributed by atoms with Crippen molar-refractivity contribution < 1.29 is 19.8 Å². The van der Waals surface area contributed by atoms with Crippen LogP contribution in [0.3, 0.4) is 0 Å². The number of carboxylic acid groups (broad SMARTS) is 1. The summed E-state index contributed by atoms with van der Waals surface area (Å²) in [5, 5.41) is 22.7. The zero-order chi connectivity index (χ0) is 24.1. The van der Waals surface area contributed by atoms with Crippen molar-refractivity contribution in [3.8, 4) is 16.9 Å². The summed E-state index contributed by atoms with van der Waals surface area (Å²) >= 11 is 0. The number of likely N-dealkylation sites (N-methyl/N-ethyl adjacent to an activating group) is 1. The van der Waals surface area contributed by atoms with Crippen LogP contribution in [0.5, 0.6) is 5.75 Å². The third-order valence-corrected chi connectivity index (χ3v) is 6.23. The number of nitrogens with one attached hydrogen (secondary N) is 1. The van der Waals surface area contributed by atoms with E-state index in [4.69, 9.17) is 0 Å². The normalized spacial score (nSPS) is 14.6. The molecular weight excluding hydrogens is 430 g/mol. The topological polar surface area (TPSA) is 93.1 Å². The maximum atomic E-state index is 13.1. The third kappa shape index (κ3) is 5.44. The lowest BCUT2D eigenvalue weighted by Crippen LogP contribution is -2.45. The molecule has 1 aliphatic heterocycles. The summed E-state index contributed by atoms with van der Waals surface area (Å²) in [4.78, 5) is 29.6. The van der Waals surface area contributed by atoms with Crippen molar-refractivity contribution in [3.05, 3.63) is 83.4 Å². The van der Waals surface area contributed by atoms with Crippen LogP contribution in [0.15, 0.2) is 66.7 Å². The van der Waals surface area contributed by atoms with Crippen molar-refractivity contribution in [3.63, 3.8) is 0 Å².